The molecule has 142 valence electrons. The average Bonchev–Trinajstić information content (AvgIpc) is 2.51. The van der Waals surface area contributed by atoms with Crippen molar-refractivity contribution in [2.24, 2.45) is 17.8 Å². The first kappa shape index (κ1) is 19.1. The molecule has 0 aromatic heterocycles. The van der Waals surface area contributed by atoms with Gasteiger partial charge in [-0.15, -0.1) is 0 Å². The number of hydrogen-bond acceptors (Lipinski definition) is 2. The minimum absolute atomic E-state index is 0.114. The van der Waals surface area contributed by atoms with Gasteiger partial charge in [0.1, 0.15) is 5.67 Å². The Morgan fingerprint density at radius 2 is 1.76 bits per heavy atom. The van der Waals surface area contributed by atoms with Gasteiger partial charge in [0.25, 0.3) is 0 Å². The molecule has 0 aliphatic heterocycles. The van der Waals surface area contributed by atoms with Crippen LogP contribution in [-0.4, -0.2) is 31.3 Å². The van der Waals surface area contributed by atoms with E-state index < -0.39 is 5.67 Å². The number of halogens is 1. The fourth-order valence-electron chi connectivity index (χ4n) is 5.65. The van der Waals surface area contributed by atoms with Crippen molar-refractivity contribution in [3.05, 3.63) is 23.3 Å². The summed E-state index contributed by atoms with van der Waals surface area (Å²) in [6.07, 6.45) is 12.3. The molecule has 0 radical (unpaired) electrons. The van der Waals surface area contributed by atoms with E-state index in [2.05, 4.69) is 43.6 Å². The highest BCUT2D eigenvalue weighted by atomic mass is 19.1. The Kier molecular flexibility index (Phi) is 6.38. The van der Waals surface area contributed by atoms with Crippen LogP contribution < -0.4 is 10.6 Å². The molecule has 0 aromatic carbocycles. The molecule has 0 heterocycles. The van der Waals surface area contributed by atoms with Crippen molar-refractivity contribution in [1.82, 2.24) is 10.6 Å². The summed E-state index contributed by atoms with van der Waals surface area (Å²) in [5, 5.41) is 7.05. The van der Waals surface area contributed by atoms with E-state index in [0.717, 1.165) is 45.3 Å². The van der Waals surface area contributed by atoms with Crippen LogP contribution in [0.4, 0.5) is 4.39 Å². The molecule has 4 rings (SSSR count). The second kappa shape index (κ2) is 8.35. The van der Waals surface area contributed by atoms with Crippen LogP contribution >= 0.6 is 0 Å². The molecule has 4 aliphatic carbocycles. The topological polar surface area (TPSA) is 24.1 Å². The third-order valence-corrected chi connectivity index (χ3v) is 6.58. The molecule has 3 atom stereocenters. The fourth-order valence-corrected chi connectivity index (χ4v) is 5.65. The van der Waals surface area contributed by atoms with E-state index in [-0.39, 0.29) is 6.04 Å². The largest absolute Gasteiger partial charge is 0.312 e. The minimum atomic E-state index is -0.907. The molecular weight excluding hydrogens is 311 g/mol. The van der Waals surface area contributed by atoms with E-state index in [1.54, 1.807) is 0 Å². The average molecular weight is 349 g/mol. The second-order valence-electron chi connectivity index (χ2n) is 9.15. The molecule has 25 heavy (non-hydrogen) atoms. The fraction of sp³-hybridized carbons (Fsp3) is 0.818. The summed E-state index contributed by atoms with van der Waals surface area (Å²) < 4.78 is 15.3. The van der Waals surface area contributed by atoms with Gasteiger partial charge in [-0.05, 0) is 83.5 Å². The molecule has 3 unspecified atom stereocenters. The Hall–Kier alpha value is -0.670. The Balaban J connectivity index is 1.32. The summed E-state index contributed by atoms with van der Waals surface area (Å²) in [5.41, 5.74) is 1.94. The van der Waals surface area contributed by atoms with Gasteiger partial charge < -0.3 is 10.6 Å². The maximum Gasteiger partial charge on any atom is 0.127 e. The molecule has 2 N–H and O–H groups in total. The number of hydrogen-bond donors (Lipinski definition) is 2. The Labute approximate surface area is 153 Å². The molecule has 2 nitrogen and oxygen atoms in total. The Bertz CT molecular complexity index is 492. The van der Waals surface area contributed by atoms with Crippen molar-refractivity contribution < 1.29 is 4.39 Å². The summed E-state index contributed by atoms with van der Waals surface area (Å²) in [7, 11) is 0. The molecule has 3 heteroatoms. The molecule has 4 bridgehead atoms. The predicted octanol–water partition coefficient (Wildman–Crippen LogP) is 4.78. The number of nitrogens with one attached hydrogen (secondary N) is 2. The van der Waals surface area contributed by atoms with E-state index in [4.69, 9.17) is 0 Å². The molecule has 4 aliphatic rings. The van der Waals surface area contributed by atoms with Crippen molar-refractivity contribution >= 4 is 0 Å². The summed E-state index contributed by atoms with van der Waals surface area (Å²) in [6.45, 7) is 9.23. The van der Waals surface area contributed by atoms with Crippen LogP contribution in [0.5, 0.6) is 0 Å². The smallest absolute Gasteiger partial charge is 0.127 e. The zero-order valence-electron chi connectivity index (χ0n) is 16.4. The standard InChI is InChI=1S/C22H37FN2/c1-16(2)5-4-6-17(3)7-8-24-9-10-25-21-20-12-18-11-19(13-20)15-22(21,23)14-18/h5,7,18-21,24-25H,4,6,8-15H2,1-3H3/b17-7+. The zero-order chi connectivity index (χ0) is 17.9. The van der Waals surface area contributed by atoms with Crippen LogP contribution in [0.3, 0.4) is 0 Å². The van der Waals surface area contributed by atoms with Gasteiger partial charge in [-0.3, -0.25) is 0 Å². The van der Waals surface area contributed by atoms with Crippen LogP contribution in [0.15, 0.2) is 23.3 Å². The lowest BCUT2D eigenvalue weighted by Crippen LogP contribution is -2.63. The van der Waals surface area contributed by atoms with Crippen LogP contribution in [0, 0.1) is 17.8 Å². The van der Waals surface area contributed by atoms with Gasteiger partial charge in [0, 0.05) is 25.7 Å². The van der Waals surface area contributed by atoms with Crippen LogP contribution in [0.2, 0.25) is 0 Å². The SMILES string of the molecule is CC(C)=CCC/C(C)=C/CNCCNC1C2CC3CC(C2)CC1(F)C3. The van der Waals surface area contributed by atoms with Crippen molar-refractivity contribution in [2.75, 3.05) is 19.6 Å². The highest BCUT2D eigenvalue weighted by molar-refractivity contribution is 5.10. The van der Waals surface area contributed by atoms with Crippen molar-refractivity contribution in [3.63, 3.8) is 0 Å². The van der Waals surface area contributed by atoms with E-state index in [1.807, 2.05) is 0 Å². The quantitative estimate of drug-likeness (QED) is 0.463. The van der Waals surface area contributed by atoms with Crippen molar-refractivity contribution in [1.29, 1.82) is 0 Å². The van der Waals surface area contributed by atoms with Gasteiger partial charge >= 0.3 is 0 Å². The van der Waals surface area contributed by atoms with Gasteiger partial charge in [-0.2, -0.15) is 0 Å². The number of alkyl halides is 1. The molecule has 4 saturated carbocycles. The summed E-state index contributed by atoms with van der Waals surface area (Å²) in [4.78, 5) is 0. The van der Waals surface area contributed by atoms with E-state index in [0.29, 0.717) is 17.8 Å². The monoisotopic (exact) mass is 348 g/mol. The predicted molar refractivity (Wildman–Crippen MR) is 104 cm³/mol. The highest BCUT2D eigenvalue weighted by Gasteiger charge is 2.57. The molecule has 0 aromatic rings. The minimum Gasteiger partial charge on any atom is -0.312 e. The third kappa shape index (κ3) is 4.95. The lowest BCUT2D eigenvalue weighted by Gasteiger charge is -2.57. The van der Waals surface area contributed by atoms with E-state index in [9.17, 15) is 0 Å². The number of allylic oxidation sites excluding steroid dienone is 3. The zero-order valence-corrected chi connectivity index (χ0v) is 16.4. The van der Waals surface area contributed by atoms with Gasteiger partial charge in [-0.25, -0.2) is 4.39 Å². The molecule has 4 fully saturated rings. The first-order chi connectivity index (χ1) is 12.0. The summed E-state index contributed by atoms with van der Waals surface area (Å²) in [6, 6.07) is 0.114. The summed E-state index contributed by atoms with van der Waals surface area (Å²) >= 11 is 0. The molecule has 0 amide bonds. The first-order valence-electron chi connectivity index (χ1n) is 10.4. The second-order valence-corrected chi connectivity index (χ2v) is 9.15. The van der Waals surface area contributed by atoms with Gasteiger partial charge in [0.05, 0.1) is 0 Å². The Morgan fingerprint density at radius 1 is 1.04 bits per heavy atom. The van der Waals surface area contributed by atoms with Crippen LogP contribution in [0.25, 0.3) is 0 Å². The third-order valence-electron chi connectivity index (χ3n) is 6.58. The van der Waals surface area contributed by atoms with E-state index >= 15 is 4.39 Å². The maximum absolute atomic E-state index is 15.3. The first-order valence-corrected chi connectivity index (χ1v) is 10.4. The molecule has 0 saturated heterocycles. The molecular formula is C22H37FN2. The van der Waals surface area contributed by atoms with Crippen LogP contribution in [-0.2, 0) is 0 Å². The number of rotatable bonds is 9. The van der Waals surface area contributed by atoms with Gasteiger partial charge in [0.2, 0.25) is 0 Å². The van der Waals surface area contributed by atoms with Crippen LogP contribution in [0.1, 0.15) is 65.7 Å². The Morgan fingerprint density at radius 3 is 2.40 bits per heavy atom. The normalized spacial score (nSPS) is 36.7. The van der Waals surface area contributed by atoms with Gasteiger partial charge in [-0.1, -0.05) is 23.3 Å². The maximum atomic E-state index is 15.3. The van der Waals surface area contributed by atoms with Crippen molar-refractivity contribution in [3.8, 4) is 0 Å². The highest BCUT2D eigenvalue weighted by Crippen LogP contribution is 2.57. The lowest BCUT2D eigenvalue weighted by atomic mass is 9.53. The lowest BCUT2D eigenvalue weighted by molar-refractivity contribution is -0.101. The van der Waals surface area contributed by atoms with Crippen molar-refractivity contribution in [2.45, 2.75) is 77.4 Å². The summed E-state index contributed by atoms with van der Waals surface area (Å²) in [5.74, 6) is 1.95. The van der Waals surface area contributed by atoms with Gasteiger partial charge in [0.15, 0.2) is 0 Å². The molecule has 0 spiro atoms. The van der Waals surface area contributed by atoms with E-state index in [1.165, 1.54) is 30.4 Å².